The summed E-state index contributed by atoms with van der Waals surface area (Å²) in [6.07, 6.45) is 8.31. The predicted octanol–water partition coefficient (Wildman–Crippen LogP) is 5.20. The van der Waals surface area contributed by atoms with Gasteiger partial charge in [0.25, 0.3) is 0 Å². The monoisotopic (exact) mass is 349 g/mol. The quantitative estimate of drug-likeness (QED) is 0.779. The molecule has 1 N–H and O–H groups in total. The Balaban J connectivity index is 1.50. The van der Waals surface area contributed by atoms with Gasteiger partial charge in [0, 0.05) is 5.92 Å². The summed E-state index contributed by atoms with van der Waals surface area (Å²) in [6, 6.07) is 4.02. The van der Waals surface area contributed by atoms with Gasteiger partial charge in [-0.05, 0) is 43.0 Å². The largest absolute Gasteiger partial charge is 0.300 e. The maximum Gasteiger partial charge on any atom is 0.229 e. The minimum atomic E-state index is 0.118. The second kappa shape index (κ2) is 8.02. The number of thiophene rings is 1. The van der Waals surface area contributed by atoms with Crippen molar-refractivity contribution in [1.82, 2.24) is 10.2 Å². The number of nitrogens with zero attached hydrogens (tertiary/aromatic N) is 2. The van der Waals surface area contributed by atoms with Gasteiger partial charge < -0.3 is 5.32 Å². The van der Waals surface area contributed by atoms with Crippen molar-refractivity contribution < 1.29 is 4.79 Å². The highest BCUT2D eigenvalue weighted by Gasteiger charge is 2.26. The molecule has 2 heterocycles. The van der Waals surface area contributed by atoms with Crippen LogP contribution in [0.2, 0.25) is 0 Å². The highest BCUT2D eigenvalue weighted by molar-refractivity contribution is 7.23. The smallest absolute Gasteiger partial charge is 0.229 e. The second-order valence-electron chi connectivity index (χ2n) is 6.24. The van der Waals surface area contributed by atoms with E-state index in [1.54, 1.807) is 11.3 Å². The molecule has 124 valence electrons. The normalized spacial score (nSPS) is 21.3. The van der Waals surface area contributed by atoms with Crippen LogP contribution in [-0.4, -0.2) is 16.1 Å². The van der Waals surface area contributed by atoms with E-state index >= 15 is 0 Å². The topological polar surface area (TPSA) is 54.9 Å². The third-order valence-corrected chi connectivity index (χ3v) is 6.45. The zero-order chi connectivity index (χ0) is 16.1. The Morgan fingerprint density at radius 3 is 2.83 bits per heavy atom. The first-order valence-corrected chi connectivity index (χ1v) is 10.1. The summed E-state index contributed by atoms with van der Waals surface area (Å²) >= 11 is 3.09. The molecule has 4 nitrogen and oxygen atoms in total. The van der Waals surface area contributed by atoms with E-state index in [4.69, 9.17) is 0 Å². The zero-order valence-corrected chi connectivity index (χ0v) is 15.1. The summed E-state index contributed by atoms with van der Waals surface area (Å²) < 4.78 is 0. The van der Waals surface area contributed by atoms with Gasteiger partial charge in [-0.2, -0.15) is 0 Å². The highest BCUT2D eigenvalue weighted by atomic mass is 32.1. The molecule has 1 amide bonds. The molecule has 1 fully saturated rings. The van der Waals surface area contributed by atoms with Crippen LogP contribution < -0.4 is 5.32 Å². The number of unbranched alkanes of at least 4 members (excludes halogenated alkanes) is 1. The van der Waals surface area contributed by atoms with E-state index in [9.17, 15) is 4.79 Å². The lowest BCUT2D eigenvalue weighted by atomic mass is 9.79. The molecular weight excluding hydrogens is 326 g/mol. The van der Waals surface area contributed by atoms with Crippen LogP contribution in [0.15, 0.2) is 17.5 Å². The molecule has 0 bridgehead atoms. The molecule has 0 atom stereocenters. The van der Waals surface area contributed by atoms with Crippen molar-refractivity contribution in [3.63, 3.8) is 0 Å². The first-order chi connectivity index (χ1) is 11.3. The standard InChI is InChI=1S/C17H23N3OS2/c1-2-3-5-12-7-9-13(10-8-12)15(21)18-17-20-19-16(23-17)14-6-4-11-22-14/h4,6,11-13H,2-3,5,7-10H2,1H3,(H,18,20,21). The molecular formula is C17H23N3OS2. The molecule has 3 rings (SSSR count). The van der Waals surface area contributed by atoms with Crippen LogP contribution in [-0.2, 0) is 4.79 Å². The summed E-state index contributed by atoms with van der Waals surface area (Å²) in [5, 5.41) is 14.7. The van der Waals surface area contributed by atoms with E-state index < -0.39 is 0 Å². The van der Waals surface area contributed by atoms with Gasteiger partial charge in [-0.3, -0.25) is 4.79 Å². The van der Waals surface area contributed by atoms with E-state index in [1.165, 1.54) is 43.4 Å². The van der Waals surface area contributed by atoms with Gasteiger partial charge in [-0.25, -0.2) is 0 Å². The molecule has 0 saturated heterocycles. The Morgan fingerprint density at radius 1 is 1.30 bits per heavy atom. The van der Waals surface area contributed by atoms with E-state index in [1.807, 2.05) is 17.5 Å². The summed E-state index contributed by atoms with van der Waals surface area (Å²) in [4.78, 5) is 13.5. The van der Waals surface area contributed by atoms with Crippen LogP contribution in [0.1, 0.15) is 51.9 Å². The third kappa shape index (κ3) is 4.38. The average molecular weight is 350 g/mol. The number of carbonyl (C=O) groups excluding carboxylic acids is 1. The van der Waals surface area contributed by atoms with Crippen molar-refractivity contribution in [1.29, 1.82) is 0 Å². The van der Waals surface area contributed by atoms with Crippen LogP contribution in [0.4, 0.5) is 5.13 Å². The van der Waals surface area contributed by atoms with Crippen molar-refractivity contribution in [3.05, 3.63) is 17.5 Å². The fourth-order valence-electron chi connectivity index (χ4n) is 3.19. The van der Waals surface area contributed by atoms with Crippen LogP contribution in [0.3, 0.4) is 0 Å². The maximum atomic E-state index is 12.4. The van der Waals surface area contributed by atoms with Crippen molar-refractivity contribution in [3.8, 4) is 9.88 Å². The average Bonchev–Trinajstić information content (AvgIpc) is 3.24. The SMILES string of the molecule is CCCCC1CCC(C(=O)Nc2nnc(-c3cccs3)s2)CC1. The van der Waals surface area contributed by atoms with Gasteiger partial charge in [0.2, 0.25) is 11.0 Å². The predicted molar refractivity (Wildman–Crippen MR) is 96.8 cm³/mol. The summed E-state index contributed by atoms with van der Waals surface area (Å²) in [6.45, 7) is 2.24. The Labute approximate surface area is 145 Å². The first-order valence-electron chi connectivity index (χ1n) is 8.44. The van der Waals surface area contributed by atoms with Gasteiger partial charge in [0.1, 0.15) is 0 Å². The van der Waals surface area contributed by atoms with Crippen LogP contribution in [0.5, 0.6) is 0 Å². The minimum Gasteiger partial charge on any atom is -0.300 e. The molecule has 2 aromatic heterocycles. The molecule has 0 aliphatic heterocycles. The molecule has 0 radical (unpaired) electrons. The lowest BCUT2D eigenvalue weighted by Gasteiger charge is -2.27. The Morgan fingerprint density at radius 2 is 2.13 bits per heavy atom. The number of rotatable bonds is 6. The maximum absolute atomic E-state index is 12.4. The molecule has 0 spiro atoms. The van der Waals surface area contributed by atoms with E-state index in [0.717, 1.165) is 28.6 Å². The van der Waals surface area contributed by atoms with Crippen LogP contribution in [0, 0.1) is 11.8 Å². The number of amides is 1. The number of carbonyl (C=O) groups is 1. The molecule has 0 unspecified atom stereocenters. The summed E-state index contributed by atoms with van der Waals surface area (Å²) in [5.41, 5.74) is 0. The molecule has 2 aromatic rings. The van der Waals surface area contributed by atoms with Crippen molar-refractivity contribution >= 4 is 33.7 Å². The lowest BCUT2D eigenvalue weighted by Crippen LogP contribution is -2.27. The molecule has 1 aliphatic rings. The van der Waals surface area contributed by atoms with Crippen molar-refractivity contribution in [2.24, 2.45) is 11.8 Å². The van der Waals surface area contributed by atoms with Crippen LogP contribution in [0.25, 0.3) is 9.88 Å². The van der Waals surface area contributed by atoms with E-state index in [2.05, 4.69) is 22.4 Å². The Kier molecular flexibility index (Phi) is 5.78. The minimum absolute atomic E-state index is 0.118. The fourth-order valence-corrected chi connectivity index (χ4v) is 4.73. The molecule has 6 heteroatoms. The zero-order valence-electron chi connectivity index (χ0n) is 13.5. The second-order valence-corrected chi connectivity index (χ2v) is 8.16. The Hall–Kier alpha value is -1.27. The van der Waals surface area contributed by atoms with E-state index in [0.29, 0.717) is 5.13 Å². The third-order valence-electron chi connectivity index (χ3n) is 4.57. The Bertz CT molecular complexity index is 616. The van der Waals surface area contributed by atoms with Gasteiger partial charge >= 0.3 is 0 Å². The number of aromatic nitrogens is 2. The number of hydrogen-bond donors (Lipinski definition) is 1. The molecule has 23 heavy (non-hydrogen) atoms. The van der Waals surface area contributed by atoms with Gasteiger partial charge in [-0.1, -0.05) is 43.6 Å². The first kappa shape index (κ1) is 16.6. The lowest BCUT2D eigenvalue weighted by molar-refractivity contribution is -0.121. The highest BCUT2D eigenvalue weighted by Crippen LogP contribution is 2.34. The number of anilines is 1. The molecule has 1 saturated carbocycles. The van der Waals surface area contributed by atoms with Crippen molar-refractivity contribution in [2.45, 2.75) is 51.9 Å². The fraction of sp³-hybridized carbons (Fsp3) is 0.588. The van der Waals surface area contributed by atoms with Gasteiger partial charge in [0.15, 0.2) is 5.01 Å². The molecule has 0 aromatic carbocycles. The van der Waals surface area contributed by atoms with Crippen LogP contribution >= 0.6 is 22.7 Å². The van der Waals surface area contributed by atoms with Crippen molar-refractivity contribution in [2.75, 3.05) is 5.32 Å². The number of hydrogen-bond acceptors (Lipinski definition) is 5. The van der Waals surface area contributed by atoms with Gasteiger partial charge in [-0.15, -0.1) is 21.5 Å². The summed E-state index contributed by atoms with van der Waals surface area (Å²) in [7, 11) is 0. The van der Waals surface area contributed by atoms with Gasteiger partial charge in [0.05, 0.1) is 4.88 Å². The van der Waals surface area contributed by atoms with E-state index in [-0.39, 0.29) is 11.8 Å². The molecule has 1 aliphatic carbocycles. The number of nitrogens with one attached hydrogen (secondary N) is 1. The summed E-state index contributed by atoms with van der Waals surface area (Å²) in [5.74, 6) is 1.08.